The number of amides is 1. The molecule has 0 unspecified atom stereocenters. The van der Waals surface area contributed by atoms with Crippen molar-refractivity contribution < 1.29 is 4.79 Å². The van der Waals surface area contributed by atoms with Gasteiger partial charge in [-0.3, -0.25) is 4.79 Å². The van der Waals surface area contributed by atoms with Gasteiger partial charge in [0.2, 0.25) is 5.91 Å². The quantitative estimate of drug-likeness (QED) is 0.732. The van der Waals surface area contributed by atoms with Crippen molar-refractivity contribution in [3.05, 3.63) is 26.8 Å². The summed E-state index contributed by atoms with van der Waals surface area (Å²) in [6.45, 7) is 6.29. The molecule has 0 fully saturated rings. The third-order valence-corrected chi connectivity index (χ3v) is 3.52. The number of rotatable bonds is 0. The number of carbonyl (C=O) groups is 1. The van der Waals surface area contributed by atoms with Gasteiger partial charge in [-0.25, -0.2) is 0 Å². The fourth-order valence-corrected chi connectivity index (χ4v) is 2.90. The van der Waals surface area contributed by atoms with Crippen molar-refractivity contribution in [2.75, 3.05) is 5.32 Å². The fourth-order valence-electron chi connectivity index (χ4n) is 2.12. The van der Waals surface area contributed by atoms with Crippen molar-refractivity contribution >= 4 is 34.2 Å². The van der Waals surface area contributed by atoms with Crippen LogP contribution in [0.3, 0.4) is 0 Å². The minimum absolute atomic E-state index is 0.0520. The third-order valence-electron chi connectivity index (χ3n) is 2.90. The minimum Gasteiger partial charge on any atom is -0.326 e. The average molecular weight is 315 g/mol. The van der Waals surface area contributed by atoms with Gasteiger partial charge in [0, 0.05) is 21.1 Å². The molecule has 0 spiro atoms. The minimum atomic E-state index is -0.0520. The molecule has 0 atom stereocenters. The highest BCUT2D eigenvalue weighted by Crippen LogP contribution is 2.39. The summed E-state index contributed by atoms with van der Waals surface area (Å²) in [6.07, 6.45) is 0.569. The Kier molecular flexibility index (Phi) is 2.53. The predicted octanol–water partition coefficient (Wildman–Crippen LogP) is 3.22. The van der Waals surface area contributed by atoms with E-state index >= 15 is 0 Å². The number of anilines is 1. The van der Waals surface area contributed by atoms with E-state index in [2.05, 4.69) is 53.9 Å². The number of hydrogen-bond acceptors (Lipinski definition) is 1. The first kappa shape index (κ1) is 10.9. The van der Waals surface area contributed by atoms with Gasteiger partial charge in [-0.05, 0) is 52.8 Å². The molecule has 1 heterocycles. The molecule has 2 nitrogen and oxygen atoms in total. The van der Waals surface area contributed by atoms with Crippen LogP contribution >= 0.6 is 22.6 Å². The zero-order valence-electron chi connectivity index (χ0n) is 9.15. The van der Waals surface area contributed by atoms with E-state index in [9.17, 15) is 4.79 Å². The second-order valence-corrected chi connectivity index (χ2v) is 6.00. The molecule has 1 aliphatic rings. The van der Waals surface area contributed by atoms with E-state index in [0.717, 1.165) is 11.3 Å². The number of carbonyl (C=O) groups excluding carboxylic acids is 1. The molecule has 1 aromatic rings. The largest absolute Gasteiger partial charge is 0.326 e. The topological polar surface area (TPSA) is 29.1 Å². The number of fused-ring (bicyclic) bond motifs is 1. The number of nitrogens with one attached hydrogen (secondary N) is 1. The summed E-state index contributed by atoms with van der Waals surface area (Å²) in [5.74, 6) is 0.122. The molecular weight excluding hydrogens is 301 g/mol. The van der Waals surface area contributed by atoms with Crippen LogP contribution in [0, 0.1) is 10.5 Å². The number of hydrogen-bond donors (Lipinski definition) is 1. The summed E-state index contributed by atoms with van der Waals surface area (Å²) in [5.41, 5.74) is 3.37. The Morgan fingerprint density at radius 2 is 2.07 bits per heavy atom. The van der Waals surface area contributed by atoms with Gasteiger partial charge < -0.3 is 5.32 Å². The molecule has 0 radical (unpaired) electrons. The maximum absolute atomic E-state index is 11.6. The highest BCUT2D eigenvalue weighted by molar-refractivity contribution is 14.1. The summed E-state index contributed by atoms with van der Waals surface area (Å²) in [5, 5.41) is 2.97. The molecule has 2 rings (SSSR count). The number of halogens is 1. The Bertz CT molecular complexity index is 437. The van der Waals surface area contributed by atoms with E-state index in [0.29, 0.717) is 6.42 Å². The van der Waals surface area contributed by atoms with Gasteiger partial charge in [-0.15, -0.1) is 0 Å². The Labute approximate surface area is 104 Å². The molecule has 0 saturated carbocycles. The summed E-state index contributed by atoms with van der Waals surface area (Å²) in [7, 11) is 0. The summed E-state index contributed by atoms with van der Waals surface area (Å²) < 4.78 is 1.23. The Balaban J connectivity index is 2.67. The summed E-state index contributed by atoms with van der Waals surface area (Å²) in [4.78, 5) is 11.6. The first-order valence-corrected chi connectivity index (χ1v) is 6.08. The van der Waals surface area contributed by atoms with Crippen LogP contribution in [-0.4, -0.2) is 5.91 Å². The first-order valence-electron chi connectivity index (χ1n) is 5.00. The Morgan fingerprint density at radius 1 is 1.40 bits per heavy atom. The first-order chi connectivity index (χ1) is 6.90. The van der Waals surface area contributed by atoms with Crippen molar-refractivity contribution in [2.45, 2.75) is 32.6 Å². The second-order valence-electron chi connectivity index (χ2n) is 4.75. The molecule has 0 saturated heterocycles. The second kappa shape index (κ2) is 3.47. The van der Waals surface area contributed by atoms with E-state index < -0.39 is 0 Å². The normalized spacial score (nSPS) is 18.3. The molecule has 15 heavy (non-hydrogen) atoms. The summed E-state index contributed by atoms with van der Waals surface area (Å²) in [6, 6.07) is 4.27. The summed E-state index contributed by atoms with van der Waals surface area (Å²) >= 11 is 2.32. The lowest BCUT2D eigenvalue weighted by atomic mass is 9.77. The molecular formula is C12H14INO. The van der Waals surface area contributed by atoms with Crippen molar-refractivity contribution in [3.63, 3.8) is 0 Å². The molecule has 0 aliphatic carbocycles. The van der Waals surface area contributed by atoms with Gasteiger partial charge in [0.25, 0.3) is 0 Å². The van der Waals surface area contributed by atoms with E-state index in [1.54, 1.807) is 0 Å². The molecule has 1 N–H and O–H groups in total. The van der Waals surface area contributed by atoms with Crippen molar-refractivity contribution in [1.82, 2.24) is 0 Å². The highest BCUT2D eigenvalue weighted by Gasteiger charge is 2.32. The van der Waals surface area contributed by atoms with Gasteiger partial charge in [-0.2, -0.15) is 0 Å². The highest BCUT2D eigenvalue weighted by atomic mass is 127. The monoisotopic (exact) mass is 315 g/mol. The maximum Gasteiger partial charge on any atom is 0.225 e. The average Bonchev–Trinajstić information content (AvgIpc) is 2.06. The van der Waals surface area contributed by atoms with Crippen molar-refractivity contribution in [2.24, 2.45) is 0 Å². The fraction of sp³-hybridized carbons (Fsp3) is 0.417. The SMILES string of the molecule is Cc1cc(I)cc2c1NC(=O)CC2(C)C. The van der Waals surface area contributed by atoms with Gasteiger partial charge in [0.15, 0.2) is 0 Å². The van der Waals surface area contributed by atoms with Crippen LogP contribution in [0.25, 0.3) is 0 Å². The van der Waals surface area contributed by atoms with Crippen LogP contribution in [0.2, 0.25) is 0 Å². The van der Waals surface area contributed by atoms with E-state index in [1.807, 2.05) is 6.92 Å². The predicted molar refractivity (Wildman–Crippen MR) is 70.2 cm³/mol. The van der Waals surface area contributed by atoms with E-state index in [1.165, 1.54) is 9.13 Å². The van der Waals surface area contributed by atoms with Crippen LogP contribution in [0.4, 0.5) is 5.69 Å². The van der Waals surface area contributed by atoms with Crippen molar-refractivity contribution in [1.29, 1.82) is 0 Å². The van der Waals surface area contributed by atoms with Crippen molar-refractivity contribution in [3.8, 4) is 0 Å². The van der Waals surface area contributed by atoms with Gasteiger partial charge >= 0.3 is 0 Å². The Hall–Kier alpha value is -0.580. The lowest BCUT2D eigenvalue weighted by Gasteiger charge is -2.33. The molecule has 1 aliphatic heterocycles. The molecule has 1 amide bonds. The third kappa shape index (κ3) is 1.89. The van der Waals surface area contributed by atoms with E-state index in [4.69, 9.17) is 0 Å². The number of aryl methyl sites for hydroxylation is 1. The number of benzene rings is 1. The van der Waals surface area contributed by atoms with Crippen LogP contribution in [0.1, 0.15) is 31.4 Å². The zero-order valence-corrected chi connectivity index (χ0v) is 11.3. The van der Waals surface area contributed by atoms with Gasteiger partial charge in [-0.1, -0.05) is 13.8 Å². The molecule has 80 valence electrons. The standard InChI is InChI=1S/C12H14INO/c1-7-4-8(13)5-9-11(7)14-10(15)6-12(9,2)3/h4-5H,6H2,1-3H3,(H,14,15). The lowest BCUT2D eigenvalue weighted by Crippen LogP contribution is -2.33. The zero-order chi connectivity index (χ0) is 11.2. The molecule has 0 bridgehead atoms. The molecule has 3 heteroatoms. The Morgan fingerprint density at radius 3 is 2.73 bits per heavy atom. The van der Waals surface area contributed by atoms with E-state index in [-0.39, 0.29) is 11.3 Å². The van der Waals surface area contributed by atoms with Crippen LogP contribution < -0.4 is 5.32 Å². The lowest BCUT2D eigenvalue weighted by molar-refractivity contribution is -0.117. The van der Waals surface area contributed by atoms with Gasteiger partial charge in [0.05, 0.1) is 0 Å². The smallest absolute Gasteiger partial charge is 0.225 e. The van der Waals surface area contributed by atoms with Gasteiger partial charge in [0.1, 0.15) is 0 Å². The molecule has 1 aromatic carbocycles. The molecule has 0 aromatic heterocycles. The van der Waals surface area contributed by atoms with Crippen LogP contribution in [0.5, 0.6) is 0 Å². The van der Waals surface area contributed by atoms with Crippen LogP contribution in [-0.2, 0) is 10.2 Å². The van der Waals surface area contributed by atoms with Crippen LogP contribution in [0.15, 0.2) is 12.1 Å². The maximum atomic E-state index is 11.6.